The minimum atomic E-state index is -0.572. The number of hydrogen-bond donors (Lipinski definition) is 0. The molecule has 0 spiro atoms. The topological polar surface area (TPSA) is 86.3 Å². The molecule has 0 radical (unpaired) electrons. The van der Waals surface area contributed by atoms with Gasteiger partial charge in [-0.25, -0.2) is 0 Å². The minimum Gasteiger partial charge on any atom is -0.258 e. The molecular weight excluding hydrogens is 236 g/mol. The van der Waals surface area contributed by atoms with Gasteiger partial charge in [0.15, 0.2) is 0 Å². The van der Waals surface area contributed by atoms with Crippen molar-refractivity contribution in [1.29, 1.82) is 0 Å². The second-order valence-electron chi connectivity index (χ2n) is 4.89. The van der Waals surface area contributed by atoms with Crippen LogP contribution in [0.5, 0.6) is 0 Å². The Morgan fingerprint density at radius 3 is 1.78 bits per heavy atom. The summed E-state index contributed by atoms with van der Waals surface area (Å²) in [4.78, 5) is 20.8. The SMILES string of the molecule is CCC(C)(C)c1cc([N+](=O)[O-])c(C)c([N+](=O)[O-])c1. The van der Waals surface area contributed by atoms with Crippen LogP contribution in [-0.2, 0) is 5.41 Å². The predicted molar refractivity (Wildman–Crippen MR) is 67.8 cm³/mol. The van der Waals surface area contributed by atoms with E-state index in [9.17, 15) is 20.2 Å². The molecule has 1 aromatic carbocycles. The molecule has 0 amide bonds. The zero-order valence-corrected chi connectivity index (χ0v) is 10.9. The van der Waals surface area contributed by atoms with Crippen LogP contribution in [-0.4, -0.2) is 9.85 Å². The lowest BCUT2D eigenvalue weighted by atomic mass is 9.81. The second kappa shape index (κ2) is 4.72. The summed E-state index contributed by atoms with van der Waals surface area (Å²) in [6.45, 7) is 7.16. The molecule has 18 heavy (non-hydrogen) atoms. The Morgan fingerprint density at radius 2 is 1.50 bits per heavy atom. The van der Waals surface area contributed by atoms with Crippen LogP contribution < -0.4 is 0 Å². The van der Waals surface area contributed by atoms with Crippen LogP contribution in [0.3, 0.4) is 0 Å². The van der Waals surface area contributed by atoms with Crippen molar-refractivity contribution in [3.63, 3.8) is 0 Å². The first-order valence-electron chi connectivity index (χ1n) is 5.64. The van der Waals surface area contributed by atoms with E-state index in [0.29, 0.717) is 5.56 Å². The van der Waals surface area contributed by atoms with Gasteiger partial charge in [-0.05, 0) is 24.3 Å². The average Bonchev–Trinajstić information content (AvgIpc) is 2.28. The smallest absolute Gasteiger partial charge is 0.258 e. The van der Waals surface area contributed by atoms with Crippen LogP contribution in [0.2, 0.25) is 0 Å². The van der Waals surface area contributed by atoms with Gasteiger partial charge in [0.25, 0.3) is 11.4 Å². The van der Waals surface area contributed by atoms with Gasteiger partial charge in [-0.1, -0.05) is 20.8 Å². The van der Waals surface area contributed by atoms with E-state index in [1.165, 1.54) is 19.1 Å². The van der Waals surface area contributed by atoms with Crippen molar-refractivity contribution < 1.29 is 9.85 Å². The fourth-order valence-corrected chi connectivity index (χ4v) is 1.66. The molecule has 1 rings (SSSR count). The monoisotopic (exact) mass is 252 g/mol. The number of nitrogens with zero attached hydrogens (tertiary/aromatic N) is 2. The molecule has 0 N–H and O–H groups in total. The molecule has 1 aromatic rings. The van der Waals surface area contributed by atoms with Crippen molar-refractivity contribution >= 4 is 11.4 Å². The summed E-state index contributed by atoms with van der Waals surface area (Å²) < 4.78 is 0. The van der Waals surface area contributed by atoms with Gasteiger partial charge in [0.2, 0.25) is 0 Å². The van der Waals surface area contributed by atoms with E-state index in [-0.39, 0.29) is 22.4 Å². The molecule has 0 fully saturated rings. The van der Waals surface area contributed by atoms with Crippen LogP contribution in [0.25, 0.3) is 0 Å². The Morgan fingerprint density at radius 1 is 1.11 bits per heavy atom. The molecular formula is C12H16N2O4. The van der Waals surface area contributed by atoms with Crippen LogP contribution >= 0.6 is 0 Å². The number of nitro groups is 2. The first kappa shape index (κ1) is 14.1. The summed E-state index contributed by atoms with van der Waals surface area (Å²) in [5.41, 5.74) is -0.000414. The third-order valence-corrected chi connectivity index (χ3v) is 3.41. The van der Waals surface area contributed by atoms with Gasteiger partial charge in [-0.15, -0.1) is 0 Å². The fraction of sp³-hybridized carbons (Fsp3) is 0.500. The second-order valence-corrected chi connectivity index (χ2v) is 4.89. The summed E-state index contributed by atoms with van der Waals surface area (Å²) in [6, 6.07) is 2.87. The highest BCUT2D eigenvalue weighted by atomic mass is 16.6. The molecule has 0 aromatic heterocycles. The maximum absolute atomic E-state index is 10.9. The van der Waals surface area contributed by atoms with Crippen molar-refractivity contribution in [2.75, 3.05) is 0 Å². The maximum Gasteiger partial charge on any atom is 0.279 e. The third kappa shape index (κ3) is 2.47. The van der Waals surface area contributed by atoms with E-state index in [2.05, 4.69) is 0 Å². The van der Waals surface area contributed by atoms with Crippen LogP contribution in [0.4, 0.5) is 11.4 Å². The van der Waals surface area contributed by atoms with Crippen molar-refractivity contribution in [2.24, 2.45) is 0 Å². The zero-order chi connectivity index (χ0) is 14.1. The molecule has 0 heterocycles. The number of benzene rings is 1. The van der Waals surface area contributed by atoms with Gasteiger partial charge in [-0.3, -0.25) is 20.2 Å². The predicted octanol–water partition coefficient (Wildman–Crippen LogP) is 3.50. The van der Waals surface area contributed by atoms with E-state index >= 15 is 0 Å². The van der Waals surface area contributed by atoms with Gasteiger partial charge in [0, 0.05) is 12.1 Å². The van der Waals surface area contributed by atoms with Crippen LogP contribution in [0.15, 0.2) is 12.1 Å². The Bertz CT molecular complexity index is 474. The normalized spacial score (nSPS) is 11.3. The largest absolute Gasteiger partial charge is 0.279 e. The quantitative estimate of drug-likeness (QED) is 0.606. The van der Waals surface area contributed by atoms with E-state index in [4.69, 9.17) is 0 Å². The average molecular weight is 252 g/mol. The highest BCUT2D eigenvalue weighted by molar-refractivity contribution is 5.56. The van der Waals surface area contributed by atoms with E-state index in [0.717, 1.165) is 6.42 Å². The Hall–Kier alpha value is -1.98. The number of rotatable bonds is 4. The molecule has 0 atom stereocenters. The summed E-state index contributed by atoms with van der Waals surface area (Å²) in [6.07, 6.45) is 0.740. The number of nitro benzene ring substituents is 2. The molecule has 0 unspecified atom stereocenters. The summed E-state index contributed by atoms with van der Waals surface area (Å²) in [7, 11) is 0. The molecule has 0 aliphatic carbocycles. The van der Waals surface area contributed by atoms with Crippen LogP contribution in [0.1, 0.15) is 38.3 Å². The molecule has 0 aliphatic rings. The Labute approximate surface area is 105 Å². The first-order chi connectivity index (χ1) is 8.20. The first-order valence-corrected chi connectivity index (χ1v) is 5.64. The standard InChI is InChI=1S/C12H16N2O4/c1-5-12(3,4)9-6-10(13(15)16)8(2)11(7-9)14(17)18/h6-7H,5H2,1-4H3. The van der Waals surface area contributed by atoms with Crippen molar-refractivity contribution in [2.45, 2.75) is 39.5 Å². The van der Waals surface area contributed by atoms with E-state index in [1.54, 1.807) is 0 Å². The van der Waals surface area contributed by atoms with Gasteiger partial charge in [0.1, 0.15) is 5.56 Å². The zero-order valence-electron chi connectivity index (χ0n) is 10.9. The molecule has 0 bridgehead atoms. The van der Waals surface area contributed by atoms with Gasteiger partial charge < -0.3 is 0 Å². The Kier molecular flexibility index (Phi) is 3.69. The van der Waals surface area contributed by atoms with Crippen molar-refractivity contribution in [3.8, 4) is 0 Å². The highest BCUT2D eigenvalue weighted by Crippen LogP contribution is 2.36. The fourth-order valence-electron chi connectivity index (χ4n) is 1.66. The number of hydrogen-bond acceptors (Lipinski definition) is 4. The summed E-state index contributed by atoms with van der Waals surface area (Å²) in [5, 5.41) is 21.9. The molecule has 0 aliphatic heterocycles. The minimum absolute atomic E-state index is 0.0978. The van der Waals surface area contributed by atoms with Crippen molar-refractivity contribution in [3.05, 3.63) is 43.5 Å². The molecule has 0 saturated carbocycles. The summed E-state index contributed by atoms with van der Waals surface area (Å²) in [5.74, 6) is 0. The molecule has 0 saturated heterocycles. The van der Waals surface area contributed by atoms with Gasteiger partial charge in [-0.2, -0.15) is 0 Å². The molecule has 98 valence electrons. The molecule has 6 heteroatoms. The Balaban J connectivity index is 3.58. The van der Waals surface area contributed by atoms with Crippen molar-refractivity contribution in [1.82, 2.24) is 0 Å². The van der Waals surface area contributed by atoms with E-state index < -0.39 is 9.85 Å². The maximum atomic E-state index is 10.9. The van der Waals surface area contributed by atoms with Crippen LogP contribution in [0, 0.1) is 27.2 Å². The third-order valence-electron chi connectivity index (χ3n) is 3.41. The highest BCUT2D eigenvalue weighted by Gasteiger charge is 2.28. The van der Waals surface area contributed by atoms with E-state index in [1.807, 2.05) is 20.8 Å². The lowest BCUT2D eigenvalue weighted by Crippen LogP contribution is -2.16. The summed E-state index contributed by atoms with van der Waals surface area (Å²) >= 11 is 0. The lowest BCUT2D eigenvalue weighted by molar-refractivity contribution is -0.395. The van der Waals surface area contributed by atoms with Gasteiger partial charge in [0.05, 0.1) is 9.85 Å². The lowest BCUT2D eigenvalue weighted by Gasteiger charge is -2.23. The molecule has 6 nitrogen and oxygen atoms in total. The van der Waals surface area contributed by atoms with Gasteiger partial charge >= 0.3 is 0 Å².